The van der Waals surface area contributed by atoms with Crippen molar-refractivity contribution < 1.29 is 4.79 Å². The molecule has 0 aliphatic rings. The van der Waals surface area contributed by atoms with Crippen LogP contribution in [0.5, 0.6) is 0 Å². The fraction of sp³-hybridized carbons (Fsp3) is 0. The van der Waals surface area contributed by atoms with Crippen LogP contribution in [0.4, 0.5) is 11.4 Å². The number of aliphatic imine (C=N–C) groups is 1. The third-order valence-corrected chi connectivity index (χ3v) is 3.51. The smallest absolute Gasteiger partial charge is 0.272 e. The Kier molecular flexibility index (Phi) is 5.94. The van der Waals surface area contributed by atoms with Crippen LogP contribution in [0.15, 0.2) is 102 Å². The summed E-state index contributed by atoms with van der Waals surface area (Å²) in [5, 5.41) is 6.28. The summed E-state index contributed by atoms with van der Waals surface area (Å²) in [6, 6.07) is 28.8. The summed E-state index contributed by atoms with van der Waals surface area (Å²) in [6.45, 7) is 0. The van der Waals surface area contributed by atoms with E-state index in [1.165, 1.54) is 6.08 Å². The maximum Gasteiger partial charge on any atom is 0.272 e. The van der Waals surface area contributed by atoms with Gasteiger partial charge >= 0.3 is 0 Å². The van der Waals surface area contributed by atoms with Crippen molar-refractivity contribution in [3.63, 3.8) is 0 Å². The Balaban J connectivity index is 1.78. The van der Waals surface area contributed by atoms with Crippen molar-refractivity contribution >= 4 is 29.3 Å². The van der Waals surface area contributed by atoms with Crippen LogP contribution in [-0.4, -0.2) is 11.9 Å². The van der Waals surface area contributed by atoms with Gasteiger partial charge in [-0.25, -0.2) is 0 Å². The van der Waals surface area contributed by atoms with E-state index in [1.807, 2.05) is 91.0 Å². The summed E-state index contributed by atoms with van der Waals surface area (Å²) in [6.07, 6.45) is 3.20. The molecule has 26 heavy (non-hydrogen) atoms. The van der Waals surface area contributed by atoms with Gasteiger partial charge in [-0.3, -0.25) is 4.79 Å². The molecule has 0 atom stereocenters. The maximum absolute atomic E-state index is 12.3. The highest BCUT2D eigenvalue weighted by molar-refractivity contribution is 6.11. The monoisotopic (exact) mass is 341 g/mol. The van der Waals surface area contributed by atoms with E-state index in [4.69, 9.17) is 0 Å². The van der Waals surface area contributed by atoms with Gasteiger partial charge in [0.25, 0.3) is 5.91 Å². The zero-order chi connectivity index (χ0) is 18.0. The van der Waals surface area contributed by atoms with E-state index >= 15 is 0 Å². The van der Waals surface area contributed by atoms with Crippen molar-refractivity contribution in [3.05, 3.63) is 103 Å². The van der Waals surface area contributed by atoms with Gasteiger partial charge in [-0.15, -0.1) is 0 Å². The van der Waals surface area contributed by atoms with Crippen molar-refractivity contribution in [2.24, 2.45) is 4.99 Å². The molecule has 3 rings (SSSR count). The first kappa shape index (κ1) is 17.2. The quantitative estimate of drug-likeness (QED) is 0.407. The van der Waals surface area contributed by atoms with Crippen LogP contribution in [0, 0.1) is 0 Å². The first-order valence-electron chi connectivity index (χ1n) is 8.29. The van der Waals surface area contributed by atoms with Gasteiger partial charge in [0, 0.05) is 17.5 Å². The van der Waals surface area contributed by atoms with Gasteiger partial charge in [-0.2, -0.15) is 4.99 Å². The van der Waals surface area contributed by atoms with Crippen molar-refractivity contribution in [1.29, 1.82) is 0 Å². The summed E-state index contributed by atoms with van der Waals surface area (Å²) >= 11 is 0. The van der Waals surface area contributed by atoms with E-state index < -0.39 is 0 Å². The molecule has 0 saturated heterocycles. The molecule has 4 nitrogen and oxygen atoms in total. The molecule has 0 saturated carbocycles. The molecule has 0 unspecified atom stereocenters. The number of nitrogens with one attached hydrogen (secondary N) is 2. The highest BCUT2D eigenvalue weighted by atomic mass is 16.1. The fourth-order valence-electron chi connectivity index (χ4n) is 2.28. The largest absolute Gasteiger partial charge is 0.326 e. The van der Waals surface area contributed by atoms with Crippen LogP contribution in [0.25, 0.3) is 6.08 Å². The van der Waals surface area contributed by atoms with Crippen LogP contribution in [-0.2, 0) is 4.79 Å². The second-order valence-electron chi connectivity index (χ2n) is 5.52. The second kappa shape index (κ2) is 8.99. The van der Waals surface area contributed by atoms with E-state index in [9.17, 15) is 4.79 Å². The standard InChI is InChI=1S/C22H19N3O/c26-21(17-16-18-10-4-1-5-11-18)25-22(23-19-12-6-2-7-13-19)24-20-14-8-3-9-15-20/h1-17H,(H2,23,24,25,26)/b17-16+. The molecule has 128 valence electrons. The molecular formula is C22H19N3O. The average molecular weight is 341 g/mol. The summed E-state index contributed by atoms with van der Waals surface area (Å²) < 4.78 is 0. The Morgan fingerprint density at radius 1 is 0.692 bits per heavy atom. The number of rotatable bonds is 4. The number of hydrogen-bond acceptors (Lipinski definition) is 1. The second-order valence-corrected chi connectivity index (χ2v) is 5.52. The number of guanidine groups is 1. The van der Waals surface area contributed by atoms with Crippen molar-refractivity contribution in [1.82, 2.24) is 0 Å². The predicted octanol–water partition coefficient (Wildman–Crippen LogP) is 4.81. The van der Waals surface area contributed by atoms with Crippen molar-refractivity contribution in [2.45, 2.75) is 0 Å². The molecule has 0 aliphatic heterocycles. The number of amides is 1. The Bertz CT molecular complexity index is 845. The van der Waals surface area contributed by atoms with Gasteiger partial charge in [-0.05, 0) is 35.9 Å². The first-order chi connectivity index (χ1) is 12.8. The highest BCUT2D eigenvalue weighted by Crippen LogP contribution is 2.09. The highest BCUT2D eigenvalue weighted by Gasteiger charge is 2.03. The summed E-state index contributed by atoms with van der Waals surface area (Å²) in [4.78, 5) is 16.4. The van der Waals surface area contributed by atoms with E-state index in [0.29, 0.717) is 5.96 Å². The van der Waals surface area contributed by atoms with E-state index in [2.05, 4.69) is 15.6 Å². The van der Waals surface area contributed by atoms with Gasteiger partial charge in [0.15, 0.2) is 0 Å². The topological polar surface area (TPSA) is 53.5 Å². The lowest BCUT2D eigenvalue weighted by Crippen LogP contribution is -2.23. The number of anilines is 2. The molecule has 0 radical (unpaired) electrons. The number of hydrogen-bond donors (Lipinski definition) is 2. The van der Waals surface area contributed by atoms with Gasteiger partial charge in [-0.1, -0.05) is 66.7 Å². The molecule has 3 aromatic rings. The van der Waals surface area contributed by atoms with Crippen molar-refractivity contribution in [2.75, 3.05) is 10.6 Å². The van der Waals surface area contributed by atoms with Gasteiger partial charge in [0.2, 0.25) is 5.96 Å². The number of benzene rings is 3. The lowest BCUT2D eigenvalue weighted by Gasteiger charge is -2.11. The maximum atomic E-state index is 12.3. The Hall–Kier alpha value is -3.66. The third kappa shape index (κ3) is 5.46. The van der Waals surface area contributed by atoms with Crippen LogP contribution >= 0.6 is 0 Å². The number of para-hydroxylation sites is 2. The Morgan fingerprint density at radius 2 is 1.15 bits per heavy atom. The van der Waals surface area contributed by atoms with Crippen LogP contribution < -0.4 is 10.6 Å². The molecule has 0 fully saturated rings. The lowest BCUT2D eigenvalue weighted by atomic mass is 10.2. The lowest BCUT2D eigenvalue weighted by molar-refractivity contribution is -0.113. The van der Waals surface area contributed by atoms with Gasteiger partial charge in [0.1, 0.15) is 0 Å². The minimum atomic E-state index is -0.351. The number of carbonyl (C=O) groups is 1. The molecule has 0 heterocycles. The number of carbonyl (C=O) groups excluding carboxylic acids is 1. The predicted molar refractivity (Wildman–Crippen MR) is 108 cm³/mol. The third-order valence-electron chi connectivity index (χ3n) is 3.51. The molecule has 0 aliphatic carbocycles. The Labute approximate surface area is 152 Å². The Morgan fingerprint density at radius 3 is 1.65 bits per heavy atom. The zero-order valence-electron chi connectivity index (χ0n) is 14.2. The average Bonchev–Trinajstić information content (AvgIpc) is 2.69. The van der Waals surface area contributed by atoms with Crippen LogP contribution in [0.3, 0.4) is 0 Å². The first-order valence-corrected chi connectivity index (χ1v) is 8.29. The molecule has 1 amide bonds. The molecule has 0 aromatic heterocycles. The molecule has 0 bridgehead atoms. The van der Waals surface area contributed by atoms with Crippen molar-refractivity contribution in [3.8, 4) is 0 Å². The van der Waals surface area contributed by atoms with Gasteiger partial charge in [0.05, 0.1) is 0 Å². The summed E-state index contributed by atoms with van der Waals surface area (Å²) in [5.74, 6) is 0.0147. The molecule has 0 spiro atoms. The molecule has 2 N–H and O–H groups in total. The van der Waals surface area contributed by atoms with Crippen LogP contribution in [0.1, 0.15) is 5.56 Å². The van der Waals surface area contributed by atoms with E-state index in [0.717, 1.165) is 16.9 Å². The molecular weight excluding hydrogens is 322 g/mol. The summed E-state index contributed by atoms with van der Waals surface area (Å²) in [5.41, 5.74) is 2.63. The van der Waals surface area contributed by atoms with E-state index in [1.54, 1.807) is 6.08 Å². The minimum Gasteiger partial charge on any atom is -0.326 e. The van der Waals surface area contributed by atoms with Crippen LogP contribution in [0.2, 0.25) is 0 Å². The molecule has 4 heteroatoms. The zero-order valence-corrected chi connectivity index (χ0v) is 14.2. The molecule has 3 aromatic carbocycles. The normalized spacial score (nSPS) is 10.3. The number of nitrogens with zero attached hydrogens (tertiary/aromatic N) is 1. The summed E-state index contributed by atoms with van der Waals surface area (Å²) in [7, 11) is 0. The van der Waals surface area contributed by atoms with Gasteiger partial charge < -0.3 is 10.6 Å². The minimum absolute atomic E-state index is 0.351. The SMILES string of the molecule is O=C(/C=C/c1ccccc1)N=C(Nc1ccccc1)Nc1ccccc1. The fourth-order valence-corrected chi connectivity index (χ4v) is 2.28. The van der Waals surface area contributed by atoms with E-state index in [-0.39, 0.29) is 5.91 Å².